The molecule has 0 saturated heterocycles. The highest BCUT2D eigenvalue weighted by Gasteiger charge is 2.31. The molecule has 4 atom stereocenters. The zero-order valence-corrected chi connectivity index (χ0v) is 23.0. The van der Waals surface area contributed by atoms with Gasteiger partial charge in [-0.1, -0.05) is 24.3 Å². The second-order valence-electron chi connectivity index (χ2n) is 9.82. The Bertz CT molecular complexity index is 1220. The molecule has 0 spiro atoms. The molecule has 0 heterocycles. The molecule has 14 heteroatoms. The molecule has 0 aromatic heterocycles. The van der Waals surface area contributed by atoms with Gasteiger partial charge in [0.2, 0.25) is 23.6 Å². The van der Waals surface area contributed by atoms with Crippen LogP contribution >= 0.6 is 0 Å². The lowest BCUT2D eigenvalue weighted by Crippen LogP contribution is -2.58. The number of carbonyl (C=O) groups excluding carboxylic acids is 4. The number of nitrogens with two attached hydrogens (primary N) is 3. The molecule has 4 amide bonds. The highest BCUT2D eigenvalue weighted by molar-refractivity contribution is 5.95. The van der Waals surface area contributed by atoms with Crippen molar-refractivity contribution in [1.29, 1.82) is 0 Å². The molecular weight excluding hydrogens is 548 g/mol. The Morgan fingerprint density at radius 1 is 0.690 bits per heavy atom. The molecule has 0 bridgehead atoms. The molecule has 4 unspecified atom stereocenters. The van der Waals surface area contributed by atoms with E-state index < -0.39 is 60.2 Å². The van der Waals surface area contributed by atoms with Crippen molar-refractivity contribution in [3.8, 4) is 11.5 Å². The average Bonchev–Trinajstić information content (AvgIpc) is 2.93. The SMILES string of the molecule is NCCCCC(NC(=O)C(N)CC(N)=O)C(=O)NC(Cc1ccc(O)cc1)C(=O)NC(Cc1ccc(O)cc1)C(=O)O. The van der Waals surface area contributed by atoms with Crippen LogP contribution < -0.4 is 33.2 Å². The van der Waals surface area contributed by atoms with Crippen LogP contribution in [0.3, 0.4) is 0 Å². The number of carboxylic acid groups (broad SMARTS) is 1. The number of amides is 4. The Labute approximate surface area is 242 Å². The number of carboxylic acids is 1. The van der Waals surface area contributed by atoms with Crippen molar-refractivity contribution in [3.63, 3.8) is 0 Å². The highest BCUT2D eigenvalue weighted by atomic mass is 16.4. The molecule has 0 aliphatic carbocycles. The number of phenols is 2. The predicted octanol–water partition coefficient (Wildman–Crippen LogP) is -1.25. The van der Waals surface area contributed by atoms with E-state index in [0.717, 1.165) is 0 Å². The van der Waals surface area contributed by atoms with Gasteiger partial charge >= 0.3 is 5.97 Å². The first-order chi connectivity index (χ1) is 19.9. The van der Waals surface area contributed by atoms with Crippen molar-refractivity contribution in [3.05, 3.63) is 59.7 Å². The molecule has 0 radical (unpaired) electrons. The van der Waals surface area contributed by atoms with Crippen LogP contribution in [0.1, 0.15) is 36.8 Å². The fourth-order valence-corrected chi connectivity index (χ4v) is 4.04. The number of phenolic OH excluding ortho intramolecular Hbond substituents is 2. The summed E-state index contributed by atoms with van der Waals surface area (Å²) in [5.74, 6) is -4.47. The van der Waals surface area contributed by atoms with Crippen LogP contribution in [0, 0.1) is 0 Å². The first kappa shape index (κ1) is 33.5. The molecule has 0 aliphatic rings. The van der Waals surface area contributed by atoms with Gasteiger partial charge < -0.3 is 48.5 Å². The van der Waals surface area contributed by atoms with Gasteiger partial charge in [0.25, 0.3) is 0 Å². The minimum atomic E-state index is -1.37. The minimum Gasteiger partial charge on any atom is -0.508 e. The van der Waals surface area contributed by atoms with E-state index in [4.69, 9.17) is 17.2 Å². The van der Waals surface area contributed by atoms with Crippen molar-refractivity contribution >= 4 is 29.6 Å². The lowest BCUT2D eigenvalue weighted by atomic mass is 10.0. The summed E-state index contributed by atoms with van der Waals surface area (Å²) < 4.78 is 0. The summed E-state index contributed by atoms with van der Waals surface area (Å²) in [6.07, 6.45) is 0.520. The fourth-order valence-electron chi connectivity index (χ4n) is 4.04. The van der Waals surface area contributed by atoms with Gasteiger partial charge in [-0.15, -0.1) is 0 Å². The van der Waals surface area contributed by atoms with E-state index in [-0.39, 0.29) is 30.8 Å². The number of unbranched alkanes of at least 4 members (excludes halogenated alkanes) is 1. The lowest BCUT2D eigenvalue weighted by Gasteiger charge is -2.25. The topological polar surface area (TPSA) is 260 Å². The third kappa shape index (κ3) is 11.4. The van der Waals surface area contributed by atoms with E-state index in [1.807, 2.05) is 0 Å². The van der Waals surface area contributed by atoms with Gasteiger partial charge in [0.05, 0.1) is 12.5 Å². The summed E-state index contributed by atoms with van der Waals surface area (Å²) in [7, 11) is 0. The molecule has 0 aliphatic heterocycles. The number of aromatic hydroxyl groups is 2. The van der Waals surface area contributed by atoms with E-state index >= 15 is 0 Å². The van der Waals surface area contributed by atoms with Gasteiger partial charge in [-0.05, 0) is 61.2 Å². The first-order valence-electron chi connectivity index (χ1n) is 13.3. The zero-order chi connectivity index (χ0) is 31.2. The Morgan fingerprint density at radius 2 is 1.14 bits per heavy atom. The molecular formula is C28H38N6O8. The molecule has 2 aromatic rings. The van der Waals surface area contributed by atoms with Gasteiger partial charge in [-0.25, -0.2) is 4.79 Å². The van der Waals surface area contributed by atoms with E-state index in [0.29, 0.717) is 30.5 Å². The van der Waals surface area contributed by atoms with Crippen molar-refractivity contribution < 1.29 is 39.3 Å². The third-order valence-electron chi connectivity index (χ3n) is 6.34. The summed E-state index contributed by atoms with van der Waals surface area (Å²) in [4.78, 5) is 62.5. The van der Waals surface area contributed by atoms with Crippen molar-refractivity contribution in [2.45, 2.75) is 62.7 Å². The number of aliphatic carboxylic acids is 1. The number of nitrogens with one attached hydrogen (secondary N) is 3. The smallest absolute Gasteiger partial charge is 0.326 e. The highest BCUT2D eigenvalue weighted by Crippen LogP contribution is 2.14. The Hall–Kier alpha value is -4.69. The first-order valence-corrected chi connectivity index (χ1v) is 13.3. The third-order valence-corrected chi connectivity index (χ3v) is 6.34. The van der Waals surface area contributed by atoms with Crippen molar-refractivity contribution in [2.24, 2.45) is 17.2 Å². The summed E-state index contributed by atoms with van der Waals surface area (Å²) in [6.45, 7) is 0.340. The zero-order valence-electron chi connectivity index (χ0n) is 23.0. The van der Waals surface area contributed by atoms with E-state index in [2.05, 4.69) is 16.0 Å². The summed E-state index contributed by atoms with van der Waals surface area (Å²) >= 11 is 0. The Morgan fingerprint density at radius 3 is 1.62 bits per heavy atom. The Balaban J connectivity index is 2.27. The van der Waals surface area contributed by atoms with E-state index in [1.54, 1.807) is 0 Å². The molecule has 0 fully saturated rings. The average molecular weight is 587 g/mol. The molecule has 14 nitrogen and oxygen atoms in total. The fraction of sp³-hybridized carbons (Fsp3) is 0.393. The molecule has 2 aromatic carbocycles. The van der Waals surface area contributed by atoms with Crippen LogP contribution in [0.25, 0.3) is 0 Å². The summed E-state index contributed by atoms with van der Waals surface area (Å²) in [5, 5.41) is 36.4. The number of hydrogen-bond donors (Lipinski definition) is 9. The number of primary amides is 1. The molecule has 0 saturated carbocycles. The van der Waals surface area contributed by atoms with Gasteiger partial charge in [-0.3, -0.25) is 19.2 Å². The predicted molar refractivity (Wildman–Crippen MR) is 152 cm³/mol. The van der Waals surface area contributed by atoms with Crippen LogP contribution in [-0.4, -0.2) is 75.6 Å². The van der Waals surface area contributed by atoms with E-state index in [1.165, 1.54) is 48.5 Å². The molecule has 2 rings (SSSR count). The van der Waals surface area contributed by atoms with Gasteiger partial charge in [0.15, 0.2) is 0 Å². The van der Waals surface area contributed by atoms with Crippen LogP contribution in [0.15, 0.2) is 48.5 Å². The van der Waals surface area contributed by atoms with Crippen LogP contribution in [-0.2, 0) is 36.8 Å². The van der Waals surface area contributed by atoms with Gasteiger partial charge in [-0.2, -0.15) is 0 Å². The van der Waals surface area contributed by atoms with Crippen LogP contribution in [0.2, 0.25) is 0 Å². The van der Waals surface area contributed by atoms with Gasteiger partial charge in [0, 0.05) is 12.8 Å². The maximum atomic E-state index is 13.4. The Kier molecular flexibility index (Phi) is 13.2. The summed E-state index contributed by atoms with van der Waals surface area (Å²) in [5.41, 5.74) is 17.5. The maximum Gasteiger partial charge on any atom is 0.326 e. The molecule has 12 N–H and O–H groups in total. The van der Waals surface area contributed by atoms with Crippen LogP contribution in [0.4, 0.5) is 0 Å². The number of carbonyl (C=O) groups is 5. The molecule has 228 valence electrons. The quantitative estimate of drug-likeness (QED) is 0.0995. The maximum absolute atomic E-state index is 13.4. The van der Waals surface area contributed by atoms with Crippen molar-refractivity contribution in [1.82, 2.24) is 16.0 Å². The number of benzene rings is 2. The lowest BCUT2D eigenvalue weighted by molar-refractivity contribution is -0.142. The van der Waals surface area contributed by atoms with Crippen LogP contribution in [0.5, 0.6) is 11.5 Å². The second-order valence-corrected chi connectivity index (χ2v) is 9.82. The summed E-state index contributed by atoms with van der Waals surface area (Å²) in [6, 6.07) is 6.59. The van der Waals surface area contributed by atoms with E-state index in [9.17, 15) is 39.3 Å². The normalized spacial score (nSPS) is 13.7. The largest absolute Gasteiger partial charge is 0.508 e. The second kappa shape index (κ2) is 16.5. The number of hydrogen-bond acceptors (Lipinski definition) is 9. The standard InChI is InChI=1S/C28H38N6O8/c29-12-2-1-3-21(32-25(38)20(30)15-24(31)37)26(39)33-22(13-16-4-8-18(35)9-5-16)27(40)34-23(28(41)42)14-17-6-10-19(36)11-7-17/h4-11,20-23,35-36H,1-3,12-15,29-30H2,(H2,31,37)(H,32,38)(H,33,39)(H,34,40)(H,41,42). The monoisotopic (exact) mass is 586 g/mol. The molecule has 42 heavy (non-hydrogen) atoms. The van der Waals surface area contributed by atoms with Crippen molar-refractivity contribution in [2.75, 3.05) is 6.54 Å². The minimum absolute atomic E-state index is 0.00461. The number of rotatable bonds is 17. The van der Waals surface area contributed by atoms with Gasteiger partial charge in [0.1, 0.15) is 29.6 Å².